The fourth-order valence-corrected chi connectivity index (χ4v) is 2.65. The Morgan fingerprint density at radius 3 is 2.84 bits per heavy atom. The van der Waals surface area contributed by atoms with Crippen LogP contribution in [0.15, 0.2) is 12.7 Å². The number of aromatic nitrogens is 4. The lowest BCUT2D eigenvalue weighted by Crippen LogP contribution is -2.55. The summed E-state index contributed by atoms with van der Waals surface area (Å²) in [6.07, 6.45) is 2.81. The predicted octanol–water partition coefficient (Wildman–Crippen LogP) is -0.492. The van der Waals surface area contributed by atoms with Crippen molar-refractivity contribution in [2.45, 2.75) is 19.1 Å². The second kappa shape index (κ2) is 4.43. The number of nitrogens with two attached hydrogens (primary N) is 1. The van der Waals surface area contributed by atoms with Crippen LogP contribution in [0.3, 0.4) is 0 Å². The lowest BCUT2D eigenvalue weighted by Gasteiger charge is -2.39. The number of anilines is 1. The Bertz CT molecular complexity index is 585. The van der Waals surface area contributed by atoms with Crippen molar-refractivity contribution in [3.8, 4) is 0 Å². The minimum atomic E-state index is -0.461. The molecule has 0 radical (unpaired) electrons. The molecular formula is C12H18N6O. The maximum Gasteiger partial charge on any atom is 0.165 e. The van der Waals surface area contributed by atoms with Crippen LogP contribution in [0.5, 0.6) is 0 Å². The first-order chi connectivity index (χ1) is 9.08. The molecule has 7 heteroatoms. The van der Waals surface area contributed by atoms with Crippen LogP contribution in [0.1, 0.15) is 6.92 Å². The fourth-order valence-electron chi connectivity index (χ4n) is 2.65. The molecule has 3 unspecified atom stereocenters. The summed E-state index contributed by atoms with van der Waals surface area (Å²) in [5.41, 5.74) is 7.57. The van der Waals surface area contributed by atoms with Gasteiger partial charge in [-0.15, -0.1) is 0 Å². The second-order valence-electron chi connectivity index (χ2n) is 5.26. The van der Waals surface area contributed by atoms with Crippen molar-refractivity contribution in [1.29, 1.82) is 0 Å². The van der Waals surface area contributed by atoms with Crippen molar-refractivity contribution in [2.75, 3.05) is 18.0 Å². The number of nitrogens with zero attached hydrogens (tertiary/aromatic N) is 5. The molecule has 0 aliphatic carbocycles. The summed E-state index contributed by atoms with van der Waals surface area (Å²) < 4.78 is 1.86. The Labute approximate surface area is 111 Å². The van der Waals surface area contributed by atoms with Crippen molar-refractivity contribution in [1.82, 2.24) is 19.5 Å². The van der Waals surface area contributed by atoms with Gasteiger partial charge in [-0.3, -0.25) is 0 Å². The number of hydrogen-bond acceptors (Lipinski definition) is 6. The molecule has 0 amide bonds. The highest BCUT2D eigenvalue weighted by Gasteiger charge is 2.32. The van der Waals surface area contributed by atoms with Gasteiger partial charge in [0.2, 0.25) is 0 Å². The zero-order valence-electron chi connectivity index (χ0n) is 11.1. The summed E-state index contributed by atoms with van der Waals surface area (Å²) in [7, 11) is 1.90. The van der Waals surface area contributed by atoms with Crippen molar-refractivity contribution in [3.63, 3.8) is 0 Å². The van der Waals surface area contributed by atoms with E-state index in [0.717, 1.165) is 23.5 Å². The van der Waals surface area contributed by atoms with Crippen molar-refractivity contribution >= 4 is 17.0 Å². The van der Waals surface area contributed by atoms with Crippen LogP contribution in [-0.4, -0.2) is 49.9 Å². The minimum absolute atomic E-state index is 0.109. The fraction of sp³-hybridized carbons (Fsp3) is 0.583. The Balaban J connectivity index is 2.00. The van der Waals surface area contributed by atoms with Crippen molar-refractivity contribution in [2.24, 2.45) is 18.7 Å². The molecule has 2 aromatic rings. The average Bonchev–Trinajstić information content (AvgIpc) is 2.77. The molecule has 3 atom stereocenters. The first-order valence-electron chi connectivity index (χ1n) is 6.38. The molecule has 3 heterocycles. The zero-order chi connectivity index (χ0) is 13.6. The standard InChI is InChI=1S/C12H18N6O/c1-7-3-18(4-8(13)10(7)19)12-9-11(14-5-15-12)17(2)6-16-9/h5-8,10,19H,3-4,13H2,1-2H3. The molecule has 3 rings (SSSR count). The van der Waals surface area contributed by atoms with Crippen LogP contribution in [0.25, 0.3) is 11.2 Å². The van der Waals surface area contributed by atoms with Crippen molar-refractivity contribution in [3.05, 3.63) is 12.7 Å². The van der Waals surface area contributed by atoms with E-state index in [4.69, 9.17) is 5.73 Å². The number of piperidine rings is 1. The monoisotopic (exact) mass is 262 g/mol. The van der Waals surface area contributed by atoms with Gasteiger partial charge in [0.15, 0.2) is 17.0 Å². The summed E-state index contributed by atoms with van der Waals surface area (Å²) in [6, 6.07) is -0.266. The molecule has 1 fully saturated rings. The summed E-state index contributed by atoms with van der Waals surface area (Å²) in [5.74, 6) is 0.900. The van der Waals surface area contributed by atoms with E-state index >= 15 is 0 Å². The Morgan fingerprint density at radius 2 is 2.11 bits per heavy atom. The molecule has 1 saturated heterocycles. The quantitative estimate of drug-likeness (QED) is 0.720. The van der Waals surface area contributed by atoms with Gasteiger partial charge in [0.05, 0.1) is 12.4 Å². The third kappa shape index (κ3) is 1.95. The van der Waals surface area contributed by atoms with E-state index in [2.05, 4.69) is 19.9 Å². The van der Waals surface area contributed by atoms with Gasteiger partial charge in [0.25, 0.3) is 0 Å². The average molecular weight is 262 g/mol. The highest BCUT2D eigenvalue weighted by atomic mass is 16.3. The number of aliphatic hydroxyl groups is 1. The van der Waals surface area contributed by atoms with Gasteiger partial charge in [0.1, 0.15) is 6.33 Å². The first kappa shape index (κ1) is 12.3. The van der Waals surface area contributed by atoms with Crippen LogP contribution >= 0.6 is 0 Å². The molecule has 102 valence electrons. The van der Waals surface area contributed by atoms with Gasteiger partial charge in [0, 0.05) is 32.1 Å². The number of fused-ring (bicyclic) bond motifs is 1. The van der Waals surface area contributed by atoms with E-state index in [0.29, 0.717) is 6.54 Å². The lowest BCUT2D eigenvalue weighted by molar-refractivity contribution is 0.0783. The highest BCUT2D eigenvalue weighted by molar-refractivity contribution is 5.83. The number of aliphatic hydroxyl groups excluding tert-OH is 1. The van der Waals surface area contributed by atoms with E-state index in [9.17, 15) is 5.11 Å². The molecule has 1 aliphatic rings. The van der Waals surface area contributed by atoms with E-state index in [-0.39, 0.29) is 12.0 Å². The molecule has 0 aromatic carbocycles. The van der Waals surface area contributed by atoms with E-state index in [1.165, 1.54) is 0 Å². The van der Waals surface area contributed by atoms with E-state index < -0.39 is 6.10 Å². The van der Waals surface area contributed by atoms with Crippen LogP contribution < -0.4 is 10.6 Å². The molecule has 3 N–H and O–H groups in total. The van der Waals surface area contributed by atoms with Gasteiger partial charge in [-0.2, -0.15) is 0 Å². The summed E-state index contributed by atoms with van der Waals surface area (Å²) in [6.45, 7) is 3.29. The summed E-state index contributed by atoms with van der Waals surface area (Å²) in [4.78, 5) is 15.0. The van der Waals surface area contributed by atoms with Crippen LogP contribution in [0.4, 0.5) is 5.82 Å². The largest absolute Gasteiger partial charge is 0.391 e. The minimum Gasteiger partial charge on any atom is -0.391 e. The number of hydrogen-bond donors (Lipinski definition) is 2. The lowest BCUT2D eigenvalue weighted by atomic mass is 9.93. The van der Waals surface area contributed by atoms with Gasteiger partial charge >= 0.3 is 0 Å². The van der Waals surface area contributed by atoms with Gasteiger partial charge in [-0.25, -0.2) is 15.0 Å². The predicted molar refractivity (Wildman–Crippen MR) is 71.7 cm³/mol. The number of imidazole rings is 1. The summed E-state index contributed by atoms with van der Waals surface area (Å²) >= 11 is 0. The van der Waals surface area contributed by atoms with Gasteiger partial charge in [-0.05, 0) is 0 Å². The van der Waals surface area contributed by atoms with Crippen molar-refractivity contribution < 1.29 is 5.11 Å². The van der Waals surface area contributed by atoms with Gasteiger partial charge < -0.3 is 20.3 Å². The van der Waals surface area contributed by atoms with Gasteiger partial charge in [-0.1, -0.05) is 6.92 Å². The SMILES string of the molecule is CC1CN(c2ncnc3c2ncn3C)CC(N)C1O. The maximum absolute atomic E-state index is 9.92. The molecule has 0 spiro atoms. The molecule has 7 nitrogen and oxygen atoms in total. The molecule has 0 saturated carbocycles. The Kier molecular flexibility index (Phi) is 2.87. The van der Waals surface area contributed by atoms with Crippen LogP contribution in [0, 0.1) is 5.92 Å². The zero-order valence-corrected chi connectivity index (χ0v) is 11.1. The third-order valence-corrected chi connectivity index (χ3v) is 3.74. The number of aryl methyl sites for hydroxylation is 1. The number of rotatable bonds is 1. The molecule has 19 heavy (non-hydrogen) atoms. The Morgan fingerprint density at radius 1 is 1.32 bits per heavy atom. The third-order valence-electron chi connectivity index (χ3n) is 3.74. The molecule has 0 bridgehead atoms. The molecule has 1 aliphatic heterocycles. The van der Waals surface area contributed by atoms with E-state index in [1.54, 1.807) is 12.7 Å². The molecular weight excluding hydrogens is 244 g/mol. The second-order valence-corrected chi connectivity index (χ2v) is 5.26. The normalized spacial score (nSPS) is 28.0. The topological polar surface area (TPSA) is 93.1 Å². The maximum atomic E-state index is 9.92. The van der Waals surface area contributed by atoms with Crippen LogP contribution in [0.2, 0.25) is 0 Å². The smallest absolute Gasteiger partial charge is 0.165 e. The molecule has 2 aromatic heterocycles. The first-order valence-corrected chi connectivity index (χ1v) is 6.38. The van der Waals surface area contributed by atoms with E-state index in [1.807, 2.05) is 18.5 Å². The van der Waals surface area contributed by atoms with Crippen LogP contribution in [-0.2, 0) is 7.05 Å². The summed E-state index contributed by atoms with van der Waals surface area (Å²) in [5, 5.41) is 9.92. The Hall–Kier alpha value is -1.73. The highest BCUT2D eigenvalue weighted by Crippen LogP contribution is 2.25.